The van der Waals surface area contributed by atoms with Gasteiger partial charge in [0.05, 0.1) is 5.69 Å². The van der Waals surface area contributed by atoms with Gasteiger partial charge in [-0.15, -0.1) is 11.3 Å². The van der Waals surface area contributed by atoms with E-state index in [9.17, 15) is 0 Å². The lowest BCUT2D eigenvalue weighted by atomic mass is 9.92. The van der Waals surface area contributed by atoms with E-state index in [4.69, 9.17) is 0 Å². The second-order valence-electron chi connectivity index (χ2n) is 11.7. The van der Waals surface area contributed by atoms with Gasteiger partial charge in [-0.05, 0) is 80.7 Å². The molecule has 216 valence electrons. The summed E-state index contributed by atoms with van der Waals surface area (Å²) in [4.78, 5) is 2.45. The number of hydrogen-bond donors (Lipinski definition) is 0. The summed E-state index contributed by atoms with van der Waals surface area (Å²) in [6.07, 6.45) is 0. The Bertz CT molecular complexity index is 2540. The molecular weight excluding hydrogens is 575 g/mol. The molecule has 0 aliphatic rings. The number of nitrogens with zero attached hydrogens (tertiary/aromatic N) is 1. The predicted molar refractivity (Wildman–Crippen MR) is 200 cm³/mol. The second kappa shape index (κ2) is 11.0. The lowest BCUT2D eigenvalue weighted by Gasteiger charge is -2.29. The minimum atomic E-state index is 1.12. The average molecular weight is 604 g/mol. The van der Waals surface area contributed by atoms with Crippen molar-refractivity contribution in [1.29, 1.82) is 0 Å². The minimum Gasteiger partial charge on any atom is -0.310 e. The molecule has 46 heavy (non-hydrogen) atoms. The smallest absolute Gasteiger partial charge is 0.0546 e. The third-order valence-electron chi connectivity index (χ3n) is 9.02. The molecule has 0 amide bonds. The van der Waals surface area contributed by atoms with Crippen molar-refractivity contribution < 1.29 is 0 Å². The van der Waals surface area contributed by atoms with Gasteiger partial charge in [0, 0.05) is 37.1 Å². The zero-order valence-corrected chi connectivity index (χ0v) is 25.9. The van der Waals surface area contributed by atoms with Crippen molar-refractivity contribution in [3.8, 4) is 22.3 Å². The molecule has 0 aliphatic carbocycles. The Kier molecular flexibility index (Phi) is 6.40. The number of hydrogen-bond acceptors (Lipinski definition) is 2. The topological polar surface area (TPSA) is 3.24 Å². The van der Waals surface area contributed by atoms with Crippen LogP contribution in [0.1, 0.15) is 0 Å². The SMILES string of the molecule is c1ccc(-c2cccc(N(c3ccc4ccccc4c3)c3ccc4ccccc4c3-c3cccc4sc5ccccc5c34)c2)cc1. The summed E-state index contributed by atoms with van der Waals surface area (Å²) in [5, 5.41) is 7.55. The van der Waals surface area contributed by atoms with E-state index in [2.05, 4.69) is 181 Å². The van der Waals surface area contributed by atoms with Gasteiger partial charge in [-0.25, -0.2) is 0 Å². The fourth-order valence-electron chi connectivity index (χ4n) is 6.91. The highest BCUT2D eigenvalue weighted by Gasteiger charge is 2.22. The van der Waals surface area contributed by atoms with Crippen LogP contribution in [-0.2, 0) is 0 Å². The zero-order chi connectivity index (χ0) is 30.5. The molecule has 9 aromatic rings. The summed E-state index contributed by atoms with van der Waals surface area (Å²) < 4.78 is 2.62. The van der Waals surface area contributed by atoms with E-state index in [-0.39, 0.29) is 0 Å². The number of thiophene rings is 1. The molecule has 0 unspecified atom stereocenters. The van der Waals surface area contributed by atoms with E-state index in [1.165, 1.54) is 64.0 Å². The first-order valence-electron chi connectivity index (χ1n) is 15.7. The van der Waals surface area contributed by atoms with Gasteiger partial charge in [-0.3, -0.25) is 0 Å². The van der Waals surface area contributed by atoms with Gasteiger partial charge in [-0.2, -0.15) is 0 Å². The normalized spacial score (nSPS) is 11.5. The molecule has 0 radical (unpaired) electrons. The van der Waals surface area contributed by atoms with Crippen molar-refractivity contribution in [2.45, 2.75) is 0 Å². The molecule has 2 heteroatoms. The standard InChI is InChI=1S/C44H29NS/c1-2-12-30(13-3-1)34-17-10-18-35(28-34)45(36-26-24-31-14-4-5-16-33(31)29-36)40-27-25-32-15-6-7-19-37(32)43(40)39-21-11-23-42-44(39)38-20-8-9-22-41(38)46-42/h1-29H. The molecule has 1 heterocycles. The molecule has 0 N–H and O–H groups in total. The van der Waals surface area contributed by atoms with Crippen LogP contribution < -0.4 is 4.90 Å². The molecule has 1 aromatic heterocycles. The summed E-state index contributed by atoms with van der Waals surface area (Å²) in [6, 6.07) is 64.0. The zero-order valence-electron chi connectivity index (χ0n) is 25.1. The molecule has 1 nitrogen and oxygen atoms in total. The highest BCUT2D eigenvalue weighted by atomic mass is 32.1. The van der Waals surface area contributed by atoms with Gasteiger partial charge < -0.3 is 4.90 Å². The van der Waals surface area contributed by atoms with Crippen LogP contribution in [0.4, 0.5) is 17.1 Å². The largest absolute Gasteiger partial charge is 0.310 e. The van der Waals surface area contributed by atoms with Crippen molar-refractivity contribution in [2.24, 2.45) is 0 Å². The van der Waals surface area contributed by atoms with Crippen molar-refractivity contribution >= 4 is 70.1 Å². The molecule has 0 bridgehead atoms. The quantitative estimate of drug-likeness (QED) is 0.189. The van der Waals surface area contributed by atoms with E-state index in [1.54, 1.807) is 0 Å². The lowest BCUT2D eigenvalue weighted by molar-refractivity contribution is 1.29. The molecule has 0 saturated carbocycles. The first-order valence-corrected chi connectivity index (χ1v) is 16.5. The fraction of sp³-hybridized carbons (Fsp3) is 0. The summed E-state index contributed by atoms with van der Waals surface area (Å²) in [5.41, 5.74) is 8.30. The Morgan fingerprint density at radius 2 is 1.04 bits per heavy atom. The lowest BCUT2D eigenvalue weighted by Crippen LogP contribution is -2.11. The average Bonchev–Trinajstić information content (AvgIpc) is 3.51. The number of fused-ring (bicyclic) bond motifs is 5. The first-order chi connectivity index (χ1) is 22.8. The summed E-state index contributed by atoms with van der Waals surface area (Å²) >= 11 is 1.87. The van der Waals surface area contributed by atoms with Crippen molar-refractivity contribution in [3.05, 3.63) is 176 Å². The van der Waals surface area contributed by atoms with Gasteiger partial charge >= 0.3 is 0 Å². The van der Waals surface area contributed by atoms with Gasteiger partial charge in [0.2, 0.25) is 0 Å². The van der Waals surface area contributed by atoms with Crippen LogP contribution in [0.3, 0.4) is 0 Å². The van der Waals surface area contributed by atoms with Crippen LogP contribution in [-0.4, -0.2) is 0 Å². The molecule has 0 spiro atoms. The Morgan fingerprint density at radius 1 is 0.391 bits per heavy atom. The van der Waals surface area contributed by atoms with Crippen molar-refractivity contribution in [2.75, 3.05) is 4.90 Å². The summed E-state index contributed by atoms with van der Waals surface area (Å²) in [6.45, 7) is 0. The maximum Gasteiger partial charge on any atom is 0.0546 e. The fourth-order valence-corrected chi connectivity index (χ4v) is 8.04. The first kappa shape index (κ1) is 26.7. The number of rotatable bonds is 5. The van der Waals surface area contributed by atoms with Crippen LogP contribution in [0, 0.1) is 0 Å². The van der Waals surface area contributed by atoms with Gasteiger partial charge in [0.1, 0.15) is 0 Å². The molecule has 0 saturated heterocycles. The monoisotopic (exact) mass is 603 g/mol. The van der Waals surface area contributed by atoms with Crippen molar-refractivity contribution in [3.63, 3.8) is 0 Å². The Labute approximate surface area is 272 Å². The predicted octanol–water partition coefficient (Wildman–Crippen LogP) is 13.2. The molecule has 0 fully saturated rings. The van der Waals surface area contributed by atoms with Gasteiger partial charge in [-0.1, -0.05) is 133 Å². The van der Waals surface area contributed by atoms with E-state index < -0.39 is 0 Å². The van der Waals surface area contributed by atoms with Crippen LogP contribution in [0.2, 0.25) is 0 Å². The number of anilines is 3. The van der Waals surface area contributed by atoms with Crippen LogP contribution in [0.15, 0.2) is 176 Å². The third-order valence-corrected chi connectivity index (χ3v) is 10.2. The van der Waals surface area contributed by atoms with Crippen LogP contribution in [0.25, 0.3) is 64.0 Å². The van der Waals surface area contributed by atoms with Crippen LogP contribution in [0.5, 0.6) is 0 Å². The Balaban J connectivity index is 1.38. The van der Waals surface area contributed by atoms with E-state index >= 15 is 0 Å². The maximum atomic E-state index is 2.45. The molecule has 0 atom stereocenters. The highest BCUT2D eigenvalue weighted by Crippen LogP contribution is 2.49. The molecule has 9 rings (SSSR count). The minimum absolute atomic E-state index is 1.12. The summed E-state index contributed by atoms with van der Waals surface area (Å²) in [7, 11) is 0. The van der Waals surface area contributed by atoms with E-state index in [1.807, 2.05) is 11.3 Å². The molecular formula is C44H29NS. The molecule has 0 aliphatic heterocycles. The van der Waals surface area contributed by atoms with Gasteiger partial charge in [0.25, 0.3) is 0 Å². The summed E-state index contributed by atoms with van der Waals surface area (Å²) in [5.74, 6) is 0. The Morgan fingerprint density at radius 3 is 1.93 bits per heavy atom. The van der Waals surface area contributed by atoms with Crippen LogP contribution >= 0.6 is 11.3 Å². The third kappa shape index (κ3) is 4.46. The molecule has 8 aromatic carbocycles. The van der Waals surface area contributed by atoms with Gasteiger partial charge in [0.15, 0.2) is 0 Å². The Hall–Kier alpha value is -5.70. The van der Waals surface area contributed by atoms with E-state index in [0.717, 1.165) is 17.1 Å². The highest BCUT2D eigenvalue weighted by molar-refractivity contribution is 7.25. The number of benzene rings is 8. The maximum absolute atomic E-state index is 2.45. The van der Waals surface area contributed by atoms with Crippen molar-refractivity contribution in [1.82, 2.24) is 0 Å². The second-order valence-corrected chi connectivity index (χ2v) is 12.8. The van der Waals surface area contributed by atoms with E-state index in [0.29, 0.717) is 0 Å².